The van der Waals surface area contributed by atoms with Gasteiger partial charge in [0.15, 0.2) is 5.49 Å². The highest BCUT2D eigenvalue weighted by Gasteiger charge is 2.07. The van der Waals surface area contributed by atoms with Crippen LogP contribution >= 0.6 is 0 Å². The van der Waals surface area contributed by atoms with Crippen LogP contribution in [0.4, 0.5) is 0 Å². The molecule has 0 aromatic carbocycles. The first-order valence-corrected chi connectivity index (χ1v) is 4.50. The average molecular weight is 186 g/mol. The van der Waals surface area contributed by atoms with Crippen molar-refractivity contribution in [2.45, 2.75) is 19.8 Å². The second-order valence-electron chi connectivity index (χ2n) is 3.58. The van der Waals surface area contributed by atoms with Gasteiger partial charge in [-0.1, -0.05) is 13.8 Å². The molecule has 0 saturated heterocycles. The number of rotatable bonds is 1. The lowest BCUT2D eigenvalue weighted by Gasteiger charge is -2.11. The molecule has 0 spiro atoms. The molecule has 0 aliphatic carbocycles. The number of hydrogen-bond donors (Lipinski definition) is 1. The monoisotopic (exact) mass is 186 g/mol. The standard InChI is InChI=1S/C9H11BN4/c1-6(2)7-3-4-8-9(11)12-5-13(10)14(7)8/h3-6,11H,1-2H3. The molecule has 0 amide bonds. The summed E-state index contributed by atoms with van der Waals surface area (Å²) in [6, 6.07) is 3.84. The van der Waals surface area contributed by atoms with Crippen LogP contribution in [-0.4, -0.2) is 22.1 Å². The lowest BCUT2D eigenvalue weighted by Crippen LogP contribution is -2.19. The molecule has 5 heteroatoms. The third-order valence-corrected chi connectivity index (χ3v) is 2.25. The van der Waals surface area contributed by atoms with E-state index in [0.717, 1.165) is 11.2 Å². The van der Waals surface area contributed by atoms with Gasteiger partial charge in [-0.2, -0.15) is 0 Å². The van der Waals surface area contributed by atoms with E-state index >= 15 is 0 Å². The molecule has 2 aromatic heterocycles. The summed E-state index contributed by atoms with van der Waals surface area (Å²) in [5.41, 5.74) is 2.07. The normalized spacial score (nSPS) is 11.4. The Morgan fingerprint density at radius 3 is 2.79 bits per heavy atom. The van der Waals surface area contributed by atoms with Crippen molar-refractivity contribution < 1.29 is 0 Å². The summed E-state index contributed by atoms with van der Waals surface area (Å²) in [6.45, 7) is 4.18. The quantitative estimate of drug-likeness (QED) is 0.653. The van der Waals surface area contributed by atoms with Gasteiger partial charge in [0.2, 0.25) is 0 Å². The van der Waals surface area contributed by atoms with Crippen LogP contribution in [0.25, 0.3) is 5.52 Å². The van der Waals surface area contributed by atoms with Crippen LogP contribution in [0, 0.1) is 5.41 Å². The van der Waals surface area contributed by atoms with Crippen molar-refractivity contribution in [1.29, 1.82) is 5.41 Å². The number of nitrogens with one attached hydrogen (secondary N) is 1. The molecule has 0 aliphatic rings. The topological polar surface area (TPSA) is 46.1 Å². The highest BCUT2D eigenvalue weighted by molar-refractivity contribution is 6.05. The third kappa shape index (κ3) is 1.16. The van der Waals surface area contributed by atoms with Gasteiger partial charge in [0.25, 0.3) is 7.98 Å². The van der Waals surface area contributed by atoms with Crippen molar-refractivity contribution in [1.82, 2.24) is 14.1 Å². The van der Waals surface area contributed by atoms with Gasteiger partial charge in [-0.3, -0.25) is 9.92 Å². The molecular formula is C9H11BN4. The van der Waals surface area contributed by atoms with E-state index in [1.807, 2.05) is 12.1 Å². The Kier molecular flexibility index (Phi) is 1.95. The maximum absolute atomic E-state index is 7.61. The largest absolute Gasteiger partial charge is 0.331 e. The molecule has 0 unspecified atom stereocenters. The van der Waals surface area contributed by atoms with E-state index in [4.69, 9.17) is 13.4 Å². The minimum atomic E-state index is 0.249. The van der Waals surface area contributed by atoms with Gasteiger partial charge in [-0.05, 0) is 18.1 Å². The molecule has 14 heavy (non-hydrogen) atoms. The van der Waals surface area contributed by atoms with Crippen molar-refractivity contribution in [2.24, 2.45) is 0 Å². The number of nitrogens with zero attached hydrogens (tertiary/aromatic N) is 3. The van der Waals surface area contributed by atoms with E-state index in [1.54, 1.807) is 4.52 Å². The Bertz CT molecular complexity index is 523. The van der Waals surface area contributed by atoms with Crippen molar-refractivity contribution in [2.75, 3.05) is 0 Å². The van der Waals surface area contributed by atoms with Crippen LogP contribution in [0.5, 0.6) is 0 Å². The molecule has 0 fully saturated rings. The van der Waals surface area contributed by atoms with Gasteiger partial charge in [-0.15, -0.1) is 0 Å². The van der Waals surface area contributed by atoms with Gasteiger partial charge >= 0.3 is 0 Å². The predicted molar refractivity (Wildman–Crippen MR) is 54.3 cm³/mol. The Morgan fingerprint density at radius 2 is 2.14 bits per heavy atom. The fraction of sp³-hybridized carbons (Fsp3) is 0.333. The lowest BCUT2D eigenvalue weighted by molar-refractivity contribution is 0.712. The molecular weight excluding hydrogens is 175 g/mol. The van der Waals surface area contributed by atoms with Gasteiger partial charge < -0.3 is 4.59 Å². The van der Waals surface area contributed by atoms with Crippen molar-refractivity contribution >= 4 is 13.5 Å². The third-order valence-electron chi connectivity index (χ3n) is 2.25. The van der Waals surface area contributed by atoms with E-state index in [-0.39, 0.29) is 5.49 Å². The first-order chi connectivity index (χ1) is 6.61. The van der Waals surface area contributed by atoms with E-state index < -0.39 is 0 Å². The predicted octanol–water partition coefficient (Wildman–Crippen LogP) is 0.670. The molecule has 0 atom stereocenters. The molecule has 2 radical (unpaired) electrons. The van der Waals surface area contributed by atoms with Crippen LogP contribution in [0.2, 0.25) is 0 Å². The van der Waals surface area contributed by atoms with E-state index in [9.17, 15) is 0 Å². The molecule has 2 rings (SSSR count). The fourth-order valence-corrected chi connectivity index (χ4v) is 1.55. The Balaban J connectivity index is 2.91. The minimum Gasteiger partial charge on any atom is -0.331 e. The van der Waals surface area contributed by atoms with Crippen molar-refractivity contribution in [3.05, 3.63) is 29.6 Å². The summed E-state index contributed by atoms with van der Waals surface area (Å²) in [4.78, 5) is 3.86. The van der Waals surface area contributed by atoms with Crippen LogP contribution < -0.4 is 5.49 Å². The van der Waals surface area contributed by atoms with Crippen LogP contribution in [0.3, 0.4) is 0 Å². The second-order valence-corrected chi connectivity index (χ2v) is 3.58. The molecule has 0 saturated carbocycles. The van der Waals surface area contributed by atoms with Gasteiger partial charge in [0.1, 0.15) is 5.52 Å². The summed E-state index contributed by atoms with van der Waals surface area (Å²) in [5, 5.41) is 7.61. The zero-order valence-electron chi connectivity index (χ0n) is 8.23. The first-order valence-electron chi connectivity index (χ1n) is 4.50. The highest BCUT2D eigenvalue weighted by atomic mass is 15.3. The molecule has 0 aliphatic heterocycles. The highest BCUT2D eigenvalue weighted by Crippen LogP contribution is 2.15. The molecule has 70 valence electrons. The number of aromatic nitrogens is 3. The molecule has 0 bridgehead atoms. The summed E-state index contributed by atoms with van der Waals surface area (Å²) < 4.78 is 3.21. The zero-order valence-corrected chi connectivity index (χ0v) is 8.23. The second kappa shape index (κ2) is 3.01. The van der Waals surface area contributed by atoms with E-state index in [0.29, 0.717) is 5.92 Å². The SMILES string of the molecule is [B]n1cnc(=N)c2ccc(C(C)C)n21. The Labute approximate surface area is 83.1 Å². The molecule has 2 heterocycles. The maximum Gasteiger partial charge on any atom is 0.264 e. The molecule has 2 aromatic rings. The fourth-order valence-electron chi connectivity index (χ4n) is 1.55. The van der Waals surface area contributed by atoms with Gasteiger partial charge in [0, 0.05) is 5.69 Å². The number of fused-ring (bicyclic) bond motifs is 1. The Morgan fingerprint density at radius 1 is 1.43 bits per heavy atom. The van der Waals surface area contributed by atoms with Crippen LogP contribution in [-0.2, 0) is 0 Å². The first kappa shape index (κ1) is 9.06. The van der Waals surface area contributed by atoms with Crippen LogP contribution in [0.1, 0.15) is 25.5 Å². The Hall–Kier alpha value is -1.52. The van der Waals surface area contributed by atoms with E-state index in [2.05, 4.69) is 18.8 Å². The van der Waals surface area contributed by atoms with Gasteiger partial charge in [0.05, 0.1) is 6.33 Å². The lowest BCUT2D eigenvalue weighted by atomic mass is 10.1. The van der Waals surface area contributed by atoms with E-state index in [1.165, 1.54) is 10.9 Å². The van der Waals surface area contributed by atoms with Crippen molar-refractivity contribution in [3.8, 4) is 0 Å². The molecule has 1 N–H and O–H groups in total. The molecule has 4 nitrogen and oxygen atoms in total. The maximum atomic E-state index is 7.61. The summed E-state index contributed by atoms with van der Waals surface area (Å²) in [5.74, 6) is 0.370. The zero-order chi connectivity index (χ0) is 10.3. The summed E-state index contributed by atoms with van der Waals surface area (Å²) >= 11 is 0. The van der Waals surface area contributed by atoms with Crippen molar-refractivity contribution in [3.63, 3.8) is 0 Å². The summed E-state index contributed by atoms with van der Waals surface area (Å²) in [6.07, 6.45) is 1.45. The average Bonchev–Trinajstić information content (AvgIpc) is 2.56. The minimum absolute atomic E-state index is 0.249. The van der Waals surface area contributed by atoms with Gasteiger partial charge in [-0.25, -0.2) is 4.98 Å². The van der Waals surface area contributed by atoms with Crippen LogP contribution in [0.15, 0.2) is 18.5 Å². The smallest absolute Gasteiger partial charge is 0.264 e. The summed E-state index contributed by atoms with van der Waals surface area (Å²) in [7, 11) is 5.74. The number of hydrogen-bond acceptors (Lipinski definition) is 2.